The molecule has 0 aromatic heterocycles. The summed E-state index contributed by atoms with van der Waals surface area (Å²) in [5.74, 6) is 0.879. The first-order valence-electron chi connectivity index (χ1n) is 8.37. The van der Waals surface area contributed by atoms with Crippen molar-refractivity contribution < 1.29 is 0 Å². The number of amidine groups is 1. The topological polar surface area (TPSA) is 63.2 Å². The van der Waals surface area contributed by atoms with Crippen molar-refractivity contribution in [1.29, 1.82) is 10.5 Å². The lowest BCUT2D eigenvalue weighted by atomic mass is 9.95. The maximum absolute atomic E-state index is 9.24. The molecule has 1 unspecified atom stereocenters. The van der Waals surface area contributed by atoms with Crippen LogP contribution in [0.1, 0.15) is 39.5 Å². The monoisotopic (exact) mass is 308 g/mol. The summed E-state index contributed by atoms with van der Waals surface area (Å²) in [6.07, 6.45) is 6.11. The Hall–Kier alpha value is -2.33. The number of hydrogen-bond donors (Lipinski definition) is 0. The Bertz CT molecular complexity index is 610. The van der Waals surface area contributed by atoms with Crippen molar-refractivity contribution in [1.82, 2.24) is 4.90 Å². The van der Waals surface area contributed by atoms with Crippen LogP contribution >= 0.6 is 0 Å². The molecule has 3 aliphatic rings. The lowest BCUT2D eigenvalue weighted by molar-refractivity contribution is 0.327. The van der Waals surface area contributed by atoms with Crippen molar-refractivity contribution in [3.05, 3.63) is 24.3 Å². The molecule has 0 saturated carbocycles. The van der Waals surface area contributed by atoms with E-state index in [0.717, 1.165) is 32.4 Å². The number of hydrogen-bond acceptors (Lipinski definition) is 3. The normalized spacial score (nSPS) is 16.7. The fraction of sp³-hybridized carbons (Fsp3) is 0.526. The molecule has 0 aromatic rings. The Kier molecular flexibility index (Phi) is 6.18. The predicted octanol–water partition coefficient (Wildman–Crippen LogP) is 4.20. The number of rotatable bonds is 3. The van der Waals surface area contributed by atoms with Gasteiger partial charge in [0, 0.05) is 13.1 Å². The molecule has 120 valence electrons. The van der Waals surface area contributed by atoms with Crippen LogP contribution in [0.15, 0.2) is 29.3 Å². The van der Waals surface area contributed by atoms with Gasteiger partial charge < -0.3 is 4.90 Å². The van der Waals surface area contributed by atoms with E-state index in [1.807, 2.05) is 6.19 Å². The molecule has 0 aromatic carbocycles. The van der Waals surface area contributed by atoms with Crippen LogP contribution in [0.25, 0.3) is 11.1 Å². The SMILES string of the molecule is CC(C)CC(C#N)C(=NC#N)N1CCCCC1.c1cc2cc-2c1. The van der Waals surface area contributed by atoms with Crippen molar-refractivity contribution in [2.24, 2.45) is 16.8 Å². The van der Waals surface area contributed by atoms with E-state index in [4.69, 9.17) is 5.26 Å². The number of fused-ring (bicyclic) bond motifs is 1. The van der Waals surface area contributed by atoms with Gasteiger partial charge in [0.25, 0.3) is 0 Å². The van der Waals surface area contributed by atoms with E-state index in [0.29, 0.717) is 11.8 Å². The zero-order valence-corrected chi connectivity index (χ0v) is 14.0. The highest BCUT2D eigenvalue weighted by molar-refractivity contribution is 5.87. The van der Waals surface area contributed by atoms with Crippen LogP contribution in [-0.4, -0.2) is 23.8 Å². The summed E-state index contributed by atoms with van der Waals surface area (Å²) < 4.78 is 0. The van der Waals surface area contributed by atoms with Crippen LogP contribution in [0, 0.1) is 34.6 Å². The van der Waals surface area contributed by atoms with Crippen molar-refractivity contribution >= 4 is 5.84 Å². The van der Waals surface area contributed by atoms with Gasteiger partial charge in [-0.3, -0.25) is 0 Å². The molecule has 0 radical (unpaired) electrons. The molecule has 0 amide bonds. The quantitative estimate of drug-likeness (QED) is 0.485. The molecule has 2 aliphatic carbocycles. The highest BCUT2D eigenvalue weighted by atomic mass is 15.2. The minimum atomic E-state index is -0.243. The summed E-state index contributed by atoms with van der Waals surface area (Å²) in [7, 11) is 0. The third-order valence-corrected chi connectivity index (χ3v) is 4.13. The van der Waals surface area contributed by atoms with Crippen LogP contribution in [0.2, 0.25) is 0 Å². The minimum Gasteiger partial charge on any atom is -0.358 e. The number of nitriles is 2. The molecule has 3 rings (SSSR count). The van der Waals surface area contributed by atoms with Gasteiger partial charge in [-0.2, -0.15) is 15.5 Å². The van der Waals surface area contributed by atoms with E-state index in [2.05, 4.69) is 54.1 Å². The fourth-order valence-electron chi connectivity index (χ4n) is 2.91. The molecule has 1 fully saturated rings. The lowest BCUT2D eigenvalue weighted by Gasteiger charge is -2.31. The highest BCUT2D eigenvalue weighted by Crippen LogP contribution is 2.32. The van der Waals surface area contributed by atoms with Crippen LogP contribution < -0.4 is 0 Å². The Morgan fingerprint density at radius 1 is 1.17 bits per heavy atom. The number of benzene rings is 1. The van der Waals surface area contributed by atoms with Gasteiger partial charge in [0.1, 0.15) is 11.8 Å². The first kappa shape index (κ1) is 17.0. The number of likely N-dealkylation sites (tertiary alicyclic amines) is 1. The largest absolute Gasteiger partial charge is 0.358 e. The van der Waals surface area contributed by atoms with E-state index >= 15 is 0 Å². The summed E-state index contributed by atoms with van der Waals surface area (Å²) >= 11 is 0. The average molecular weight is 308 g/mol. The smallest absolute Gasteiger partial charge is 0.207 e. The predicted molar refractivity (Wildman–Crippen MR) is 92.5 cm³/mol. The van der Waals surface area contributed by atoms with Gasteiger partial charge >= 0.3 is 0 Å². The lowest BCUT2D eigenvalue weighted by Crippen LogP contribution is -2.39. The minimum absolute atomic E-state index is 0.243. The van der Waals surface area contributed by atoms with Crippen LogP contribution in [0.3, 0.4) is 0 Å². The zero-order chi connectivity index (χ0) is 16.7. The zero-order valence-electron chi connectivity index (χ0n) is 14.0. The van der Waals surface area contributed by atoms with Gasteiger partial charge in [0.15, 0.2) is 0 Å². The molecule has 0 N–H and O–H groups in total. The van der Waals surface area contributed by atoms with E-state index in [1.54, 1.807) is 0 Å². The van der Waals surface area contributed by atoms with Crippen LogP contribution in [0.5, 0.6) is 0 Å². The third kappa shape index (κ3) is 5.11. The van der Waals surface area contributed by atoms with Gasteiger partial charge in [-0.1, -0.05) is 32.0 Å². The van der Waals surface area contributed by atoms with Gasteiger partial charge in [-0.15, -0.1) is 0 Å². The second-order valence-electron chi connectivity index (χ2n) is 6.51. The molecule has 4 heteroatoms. The summed E-state index contributed by atoms with van der Waals surface area (Å²) in [4.78, 5) is 6.01. The van der Waals surface area contributed by atoms with Crippen LogP contribution in [0.4, 0.5) is 0 Å². The number of nitrogens with zero attached hydrogens (tertiary/aromatic N) is 4. The maximum Gasteiger partial charge on any atom is 0.207 e. The van der Waals surface area contributed by atoms with Crippen molar-refractivity contribution in [2.75, 3.05) is 13.1 Å². The van der Waals surface area contributed by atoms with Crippen molar-refractivity contribution in [3.8, 4) is 23.4 Å². The van der Waals surface area contributed by atoms with Gasteiger partial charge in [0.2, 0.25) is 6.19 Å². The molecule has 1 saturated heterocycles. The molecule has 1 atom stereocenters. The Morgan fingerprint density at radius 3 is 2.22 bits per heavy atom. The van der Waals surface area contributed by atoms with Crippen molar-refractivity contribution in [3.63, 3.8) is 0 Å². The first-order chi connectivity index (χ1) is 11.2. The molecular weight excluding hydrogens is 284 g/mol. The van der Waals surface area contributed by atoms with E-state index in [-0.39, 0.29) is 5.92 Å². The summed E-state index contributed by atoms with van der Waals surface area (Å²) in [6, 6.07) is 10.8. The van der Waals surface area contributed by atoms with Crippen molar-refractivity contribution in [2.45, 2.75) is 39.5 Å². The van der Waals surface area contributed by atoms with Crippen LogP contribution in [-0.2, 0) is 0 Å². The van der Waals surface area contributed by atoms with Gasteiger partial charge in [0.05, 0.1) is 6.07 Å². The molecular formula is C19H24N4. The molecule has 23 heavy (non-hydrogen) atoms. The van der Waals surface area contributed by atoms with E-state index in [9.17, 15) is 5.26 Å². The molecule has 0 spiro atoms. The highest BCUT2D eigenvalue weighted by Gasteiger charge is 2.24. The Labute approximate surface area is 139 Å². The molecule has 4 nitrogen and oxygen atoms in total. The number of aliphatic imine (C=N–C) groups is 1. The van der Waals surface area contributed by atoms with Gasteiger partial charge in [-0.25, -0.2) is 0 Å². The van der Waals surface area contributed by atoms with Gasteiger partial charge in [-0.05, 0) is 48.8 Å². The maximum atomic E-state index is 9.24. The average Bonchev–Trinajstić information content (AvgIpc) is 3.17. The summed E-state index contributed by atoms with van der Waals surface area (Å²) in [5, 5.41) is 18.0. The first-order valence-corrected chi connectivity index (χ1v) is 8.37. The summed E-state index contributed by atoms with van der Waals surface area (Å²) in [5.41, 5.74) is 2.85. The Balaban J connectivity index is 0.000000260. The molecule has 1 aliphatic heterocycles. The molecule has 0 bridgehead atoms. The second kappa shape index (κ2) is 8.34. The summed E-state index contributed by atoms with van der Waals surface area (Å²) in [6.45, 7) is 6.03. The molecule has 1 heterocycles. The standard InChI is InChI=1S/C13H20N4.C6H4/c1-11(2)8-12(9-14)13(16-10-15)17-6-4-3-5-7-17;1-2-5-4-6(5)3-1/h11-12H,3-8H2,1-2H3;1-4H. The van der Waals surface area contributed by atoms with E-state index < -0.39 is 0 Å². The number of piperidine rings is 1. The van der Waals surface area contributed by atoms with E-state index in [1.165, 1.54) is 17.5 Å². The fourth-order valence-corrected chi connectivity index (χ4v) is 2.91. The Morgan fingerprint density at radius 2 is 1.83 bits per heavy atom. The third-order valence-electron chi connectivity index (χ3n) is 4.13. The second-order valence-corrected chi connectivity index (χ2v) is 6.51.